The molecule has 0 fully saturated rings. The van der Waals surface area contributed by atoms with E-state index in [-0.39, 0.29) is 12.5 Å². The Balaban J connectivity index is 4.26. The number of carbonyl (C=O) groups is 2. The molecule has 0 aromatic carbocycles. The van der Waals surface area contributed by atoms with Crippen LogP contribution in [0.5, 0.6) is 0 Å². The van der Waals surface area contributed by atoms with Gasteiger partial charge in [0, 0.05) is 0 Å². The molecule has 0 saturated heterocycles. The van der Waals surface area contributed by atoms with Gasteiger partial charge in [-0.05, 0) is 5.92 Å². The number of amides is 1. The summed E-state index contributed by atoms with van der Waals surface area (Å²) >= 11 is 0. The lowest BCUT2D eigenvalue weighted by atomic mass is 9.99. The molecule has 5 heteroatoms. The first-order valence-electron chi connectivity index (χ1n) is 4.25. The molecule has 76 valence electrons. The van der Waals surface area contributed by atoms with Crippen LogP contribution < -0.4 is 11.1 Å². The molecule has 0 rings (SSSR count). The van der Waals surface area contributed by atoms with Gasteiger partial charge in [-0.25, -0.2) is 4.79 Å². The highest BCUT2D eigenvalue weighted by atomic mass is 16.4. The molecule has 0 heterocycles. The first-order chi connectivity index (χ1) is 6.02. The fourth-order valence-corrected chi connectivity index (χ4v) is 0.915. The Morgan fingerprint density at radius 2 is 2.08 bits per heavy atom. The number of hydrogen-bond acceptors (Lipinski definition) is 3. The molecule has 0 aromatic heterocycles. The molecule has 4 N–H and O–H groups in total. The predicted octanol–water partition coefficient (Wildman–Crippen LogP) is -0.439. The second-order valence-corrected chi connectivity index (χ2v) is 2.97. The van der Waals surface area contributed by atoms with Crippen molar-refractivity contribution in [3.8, 4) is 0 Å². The molecule has 5 nitrogen and oxygen atoms in total. The average molecular weight is 188 g/mol. The second kappa shape index (κ2) is 5.53. The van der Waals surface area contributed by atoms with Crippen molar-refractivity contribution < 1.29 is 14.7 Å². The number of rotatable bonds is 5. The van der Waals surface area contributed by atoms with Gasteiger partial charge in [0.05, 0.1) is 6.54 Å². The van der Waals surface area contributed by atoms with E-state index in [1.165, 1.54) is 0 Å². The first kappa shape index (κ1) is 11.9. The highest BCUT2D eigenvalue weighted by molar-refractivity contribution is 5.84. The van der Waals surface area contributed by atoms with E-state index in [4.69, 9.17) is 10.8 Å². The third kappa shape index (κ3) is 3.89. The minimum Gasteiger partial charge on any atom is -0.480 e. The van der Waals surface area contributed by atoms with Gasteiger partial charge in [-0.15, -0.1) is 0 Å². The van der Waals surface area contributed by atoms with Crippen LogP contribution in [-0.2, 0) is 9.59 Å². The molecule has 0 bridgehead atoms. The van der Waals surface area contributed by atoms with Crippen molar-refractivity contribution in [3.63, 3.8) is 0 Å². The largest absolute Gasteiger partial charge is 0.480 e. The Hall–Kier alpha value is -1.10. The second-order valence-electron chi connectivity index (χ2n) is 2.97. The third-order valence-corrected chi connectivity index (χ3v) is 1.98. The number of carboxylic acid groups (broad SMARTS) is 1. The molecule has 0 unspecified atom stereocenters. The van der Waals surface area contributed by atoms with Crippen molar-refractivity contribution in [3.05, 3.63) is 0 Å². The Morgan fingerprint density at radius 1 is 1.54 bits per heavy atom. The quantitative estimate of drug-likeness (QED) is 0.545. The first-order valence-corrected chi connectivity index (χ1v) is 4.25. The van der Waals surface area contributed by atoms with E-state index >= 15 is 0 Å². The molecule has 0 aliphatic heterocycles. The van der Waals surface area contributed by atoms with Gasteiger partial charge in [0.25, 0.3) is 0 Å². The van der Waals surface area contributed by atoms with E-state index in [2.05, 4.69) is 5.32 Å². The maximum Gasteiger partial charge on any atom is 0.326 e. The van der Waals surface area contributed by atoms with Crippen LogP contribution in [0.2, 0.25) is 0 Å². The van der Waals surface area contributed by atoms with Gasteiger partial charge in [0.1, 0.15) is 6.04 Å². The molecule has 0 radical (unpaired) electrons. The van der Waals surface area contributed by atoms with E-state index < -0.39 is 17.9 Å². The van der Waals surface area contributed by atoms with Crippen LogP contribution in [0.3, 0.4) is 0 Å². The number of carboxylic acids is 1. The van der Waals surface area contributed by atoms with Crippen molar-refractivity contribution >= 4 is 11.9 Å². The summed E-state index contributed by atoms with van der Waals surface area (Å²) in [4.78, 5) is 21.5. The average Bonchev–Trinajstić information content (AvgIpc) is 2.11. The van der Waals surface area contributed by atoms with Gasteiger partial charge in [0.2, 0.25) is 5.91 Å². The predicted molar refractivity (Wildman–Crippen MR) is 48.1 cm³/mol. The van der Waals surface area contributed by atoms with E-state index in [9.17, 15) is 9.59 Å². The molecule has 0 aliphatic rings. The summed E-state index contributed by atoms with van der Waals surface area (Å²) in [6.07, 6.45) is 0.696. The van der Waals surface area contributed by atoms with Gasteiger partial charge >= 0.3 is 5.97 Å². The van der Waals surface area contributed by atoms with E-state index in [0.29, 0.717) is 6.42 Å². The maximum atomic E-state index is 10.8. The standard InChI is InChI=1S/C8H16N2O3/c1-3-5(2)7(8(12)13)10-6(11)4-9/h5,7H,3-4,9H2,1-2H3,(H,10,11)(H,12,13)/t5-,7+/m0/s1. The van der Waals surface area contributed by atoms with Gasteiger partial charge in [-0.2, -0.15) is 0 Å². The van der Waals surface area contributed by atoms with Crippen LogP contribution in [0.1, 0.15) is 20.3 Å². The van der Waals surface area contributed by atoms with E-state index in [1.807, 2.05) is 6.92 Å². The summed E-state index contributed by atoms with van der Waals surface area (Å²) < 4.78 is 0. The fraction of sp³-hybridized carbons (Fsp3) is 0.750. The molecule has 0 aliphatic carbocycles. The summed E-state index contributed by atoms with van der Waals surface area (Å²) in [5.74, 6) is -1.54. The van der Waals surface area contributed by atoms with Crippen LogP contribution >= 0.6 is 0 Å². The van der Waals surface area contributed by atoms with Crippen molar-refractivity contribution in [1.29, 1.82) is 0 Å². The van der Waals surface area contributed by atoms with Crippen LogP contribution in [0.15, 0.2) is 0 Å². The SMILES string of the molecule is CC[C@H](C)[C@@H](NC(=O)CN)C(=O)O. The lowest BCUT2D eigenvalue weighted by molar-refractivity contribution is -0.143. The number of nitrogens with two attached hydrogens (primary N) is 1. The lowest BCUT2D eigenvalue weighted by Gasteiger charge is -2.19. The number of nitrogens with one attached hydrogen (secondary N) is 1. The number of aliphatic carboxylic acids is 1. The van der Waals surface area contributed by atoms with Crippen LogP contribution in [-0.4, -0.2) is 29.6 Å². The van der Waals surface area contributed by atoms with Crippen molar-refractivity contribution in [2.24, 2.45) is 11.7 Å². The van der Waals surface area contributed by atoms with E-state index in [0.717, 1.165) is 0 Å². The maximum absolute atomic E-state index is 10.8. The topological polar surface area (TPSA) is 92.4 Å². The van der Waals surface area contributed by atoms with Crippen molar-refractivity contribution in [1.82, 2.24) is 5.32 Å². The zero-order valence-corrected chi connectivity index (χ0v) is 7.91. The van der Waals surface area contributed by atoms with E-state index in [1.54, 1.807) is 6.92 Å². The molecular weight excluding hydrogens is 172 g/mol. The fourth-order valence-electron chi connectivity index (χ4n) is 0.915. The summed E-state index contributed by atoms with van der Waals surface area (Å²) in [5.41, 5.74) is 5.06. The minimum absolute atomic E-state index is 0.0898. The summed E-state index contributed by atoms with van der Waals surface area (Å²) in [7, 11) is 0. The smallest absolute Gasteiger partial charge is 0.326 e. The number of hydrogen-bond donors (Lipinski definition) is 3. The molecule has 0 spiro atoms. The summed E-state index contributed by atoms with van der Waals surface area (Å²) in [6, 6.07) is -0.832. The normalized spacial score (nSPS) is 14.7. The zero-order valence-electron chi connectivity index (χ0n) is 7.91. The molecule has 1 amide bonds. The van der Waals surface area contributed by atoms with Crippen LogP contribution in [0, 0.1) is 5.92 Å². The highest BCUT2D eigenvalue weighted by Gasteiger charge is 2.24. The lowest BCUT2D eigenvalue weighted by Crippen LogP contribution is -2.47. The summed E-state index contributed by atoms with van der Waals surface area (Å²) in [5, 5.41) is 11.1. The monoisotopic (exact) mass is 188 g/mol. The van der Waals surface area contributed by atoms with Gasteiger partial charge < -0.3 is 16.2 Å². The molecule has 0 saturated carbocycles. The Kier molecular flexibility index (Phi) is 5.06. The van der Waals surface area contributed by atoms with Crippen LogP contribution in [0.4, 0.5) is 0 Å². The van der Waals surface area contributed by atoms with Crippen molar-refractivity contribution in [2.45, 2.75) is 26.3 Å². The molecule has 13 heavy (non-hydrogen) atoms. The third-order valence-electron chi connectivity index (χ3n) is 1.98. The molecular formula is C8H16N2O3. The van der Waals surface area contributed by atoms with Crippen LogP contribution in [0.25, 0.3) is 0 Å². The Bertz CT molecular complexity index is 194. The van der Waals surface area contributed by atoms with Gasteiger partial charge in [-0.1, -0.05) is 20.3 Å². The van der Waals surface area contributed by atoms with Gasteiger partial charge in [-0.3, -0.25) is 4.79 Å². The highest BCUT2D eigenvalue weighted by Crippen LogP contribution is 2.07. The Morgan fingerprint density at radius 3 is 2.38 bits per heavy atom. The number of carbonyl (C=O) groups excluding carboxylic acids is 1. The van der Waals surface area contributed by atoms with Gasteiger partial charge in [0.15, 0.2) is 0 Å². The zero-order chi connectivity index (χ0) is 10.4. The van der Waals surface area contributed by atoms with Crippen molar-refractivity contribution in [2.75, 3.05) is 6.54 Å². The summed E-state index contributed by atoms with van der Waals surface area (Å²) in [6.45, 7) is 3.46. The molecule has 0 aromatic rings. The minimum atomic E-state index is -1.02. The molecule has 2 atom stereocenters. The Labute approximate surface area is 77.3 Å².